The highest BCUT2D eigenvalue weighted by atomic mass is 16.5. The summed E-state index contributed by atoms with van der Waals surface area (Å²) >= 11 is 0. The smallest absolute Gasteiger partial charge is 0.266 e. The Kier molecular flexibility index (Phi) is 9.09. The van der Waals surface area contributed by atoms with Crippen LogP contribution in [0.4, 0.5) is 5.69 Å². The number of ether oxygens (including phenoxy) is 3. The Balaban J connectivity index is 1.64. The number of rotatable bonds is 11. The Morgan fingerprint density at radius 1 is 1.00 bits per heavy atom. The molecule has 0 aromatic heterocycles. The van der Waals surface area contributed by atoms with E-state index in [1.165, 1.54) is 6.08 Å². The highest BCUT2D eigenvalue weighted by Crippen LogP contribution is 2.28. The van der Waals surface area contributed by atoms with Crippen LogP contribution in [-0.4, -0.2) is 26.2 Å². The van der Waals surface area contributed by atoms with Crippen molar-refractivity contribution < 1.29 is 19.0 Å². The van der Waals surface area contributed by atoms with Gasteiger partial charge in [0.2, 0.25) is 0 Å². The third-order valence-electron chi connectivity index (χ3n) is 5.07. The van der Waals surface area contributed by atoms with Crippen molar-refractivity contribution in [3.8, 4) is 23.3 Å². The van der Waals surface area contributed by atoms with Gasteiger partial charge in [-0.3, -0.25) is 4.79 Å². The molecule has 3 rings (SSSR count). The minimum atomic E-state index is -0.483. The minimum Gasteiger partial charge on any atom is -0.493 e. The first-order chi connectivity index (χ1) is 17.0. The molecule has 0 aliphatic rings. The van der Waals surface area contributed by atoms with Crippen molar-refractivity contribution >= 4 is 17.7 Å². The number of carbonyl (C=O) groups excluding carboxylic acids is 1. The third-order valence-corrected chi connectivity index (χ3v) is 5.07. The van der Waals surface area contributed by atoms with Gasteiger partial charge < -0.3 is 19.5 Å². The highest BCUT2D eigenvalue weighted by Gasteiger charge is 2.12. The van der Waals surface area contributed by atoms with Crippen LogP contribution < -0.4 is 19.5 Å². The molecule has 6 heteroatoms. The van der Waals surface area contributed by atoms with E-state index in [9.17, 15) is 10.1 Å². The number of hydrogen-bond acceptors (Lipinski definition) is 5. The maximum Gasteiger partial charge on any atom is 0.266 e. The largest absolute Gasteiger partial charge is 0.493 e. The van der Waals surface area contributed by atoms with Crippen LogP contribution in [0.1, 0.15) is 16.7 Å². The van der Waals surface area contributed by atoms with Crippen LogP contribution in [0, 0.1) is 18.3 Å². The van der Waals surface area contributed by atoms with Crippen LogP contribution in [0.2, 0.25) is 0 Å². The van der Waals surface area contributed by atoms with E-state index >= 15 is 0 Å². The fourth-order valence-corrected chi connectivity index (χ4v) is 3.38. The lowest BCUT2D eigenvalue weighted by molar-refractivity contribution is -0.112. The fourth-order valence-electron chi connectivity index (χ4n) is 3.38. The van der Waals surface area contributed by atoms with Gasteiger partial charge in [-0.25, -0.2) is 0 Å². The SMILES string of the molecule is C=CCc1ccc(OCCOc2ccccc2/C=C(\C#N)C(=O)Nc2cccc(C)c2)c(OC)c1. The zero-order valence-electron chi connectivity index (χ0n) is 19.9. The lowest BCUT2D eigenvalue weighted by Gasteiger charge is -2.13. The summed E-state index contributed by atoms with van der Waals surface area (Å²) in [4.78, 5) is 12.6. The van der Waals surface area contributed by atoms with Gasteiger partial charge in [0.05, 0.1) is 7.11 Å². The summed E-state index contributed by atoms with van der Waals surface area (Å²) in [6.45, 7) is 6.23. The number of para-hydroxylation sites is 1. The van der Waals surface area contributed by atoms with E-state index in [1.807, 2.05) is 67.6 Å². The van der Waals surface area contributed by atoms with Crippen LogP contribution in [0.25, 0.3) is 6.08 Å². The molecule has 0 fully saturated rings. The Hall–Kier alpha value is -4.50. The normalized spacial score (nSPS) is 10.7. The van der Waals surface area contributed by atoms with Crippen LogP contribution in [0.15, 0.2) is 85.0 Å². The van der Waals surface area contributed by atoms with Crippen LogP contribution in [0.3, 0.4) is 0 Å². The number of nitrogens with zero attached hydrogens (tertiary/aromatic N) is 1. The van der Waals surface area contributed by atoms with Crippen molar-refractivity contribution in [2.75, 3.05) is 25.6 Å². The quantitative estimate of drug-likeness (QED) is 0.168. The van der Waals surface area contributed by atoms with Crippen LogP contribution in [0.5, 0.6) is 17.2 Å². The summed E-state index contributed by atoms with van der Waals surface area (Å²) in [5.74, 6) is 1.33. The van der Waals surface area contributed by atoms with Crippen LogP contribution in [-0.2, 0) is 11.2 Å². The van der Waals surface area contributed by atoms with E-state index in [1.54, 1.807) is 25.3 Å². The zero-order chi connectivity index (χ0) is 25.0. The van der Waals surface area contributed by atoms with E-state index in [4.69, 9.17) is 14.2 Å². The number of nitrogens with one attached hydrogen (secondary N) is 1. The van der Waals surface area contributed by atoms with Gasteiger partial charge in [-0.2, -0.15) is 5.26 Å². The van der Waals surface area contributed by atoms with Crippen molar-refractivity contribution in [1.29, 1.82) is 5.26 Å². The Labute approximate surface area is 206 Å². The van der Waals surface area contributed by atoms with E-state index in [-0.39, 0.29) is 18.8 Å². The van der Waals surface area contributed by atoms with Gasteiger partial charge in [0, 0.05) is 11.3 Å². The molecule has 0 atom stereocenters. The van der Waals surface area contributed by atoms with E-state index in [2.05, 4.69) is 11.9 Å². The van der Waals surface area contributed by atoms with Gasteiger partial charge in [-0.15, -0.1) is 6.58 Å². The molecule has 0 heterocycles. The first-order valence-corrected chi connectivity index (χ1v) is 11.2. The van der Waals surface area contributed by atoms with Gasteiger partial charge in [-0.05, 0) is 60.9 Å². The van der Waals surface area contributed by atoms with Gasteiger partial charge >= 0.3 is 0 Å². The molecule has 6 nitrogen and oxygen atoms in total. The number of hydrogen-bond donors (Lipinski definition) is 1. The maximum atomic E-state index is 12.6. The molecule has 3 aromatic carbocycles. The lowest BCUT2D eigenvalue weighted by Crippen LogP contribution is -2.13. The third kappa shape index (κ3) is 7.24. The molecule has 0 aliphatic carbocycles. The molecule has 178 valence electrons. The number of anilines is 1. The molecule has 0 aliphatic heterocycles. The molecule has 1 N–H and O–H groups in total. The number of carbonyl (C=O) groups is 1. The predicted octanol–water partition coefficient (Wildman–Crippen LogP) is 5.74. The van der Waals surface area contributed by atoms with Gasteiger partial charge in [0.25, 0.3) is 5.91 Å². The number of aryl methyl sites for hydroxylation is 1. The number of methoxy groups -OCH3 is 1. The summed E-state index contributed by atoms with van der Waals surface area (Å²) in [6.07, 6.45) is 4.10. The second-order valence-corrected chi connectivity index (χ2v) is 7.71. The summed E-state index contributed by atoms with van der Waals surface area (Å²) in [7, 11) is 1.60. The van der Waals surface area contributed by atoms with E-state index in [0.717, 1.165) is 17.5 Å². The molecule has 3 aromatic rings. The average molecular weight is 469 g/mol. The monoisotopic (exact) mass is 468 g/mol. The summed E-state index contributed by atoms with van der Waals surface area (Å²) in [6, 6.07) is 22.3. The molecular formula is C29H28N2O4. The fraction of sp³-hybridized carbons (Fsp3) is 0.172. The van der Waals surface area contributed by atoms with Gasteiger partial charge in [-0.1, -0.05) is 42.5 Å². The Bertz CT molecular complexity index is 1260. The zero-order valence-corrected chi connectivity index (χ0v) is 19.9. The summed E-state index contributed by atoms with van der Waals surface area (Å²) in [5.41, 5.74) is 3.32. The van der Waals surface area contributed by atoms with Crippen molar-refractivity contribution in [3.63, 3.8) is 0 Å². The average Bonchev–Trinajstić information content (AvgIpc) is 2.86. The van der Waals surface area contributed by atoms with Crippen molar-refractivity contribution in [2.24, 2.45) is 0 Å². The second-order valence-electron chi connectivity index (χ2n) is 7.71. The standard InChI is InChI=1S/C29H28N2O4/c1-4-8-22-13-14-27(28(18-22)33-3)35-16-15-34-26-12-6-5-10-23(26)19-24(20-30)29(32)31-25-11-7-9-21(2)17-25/h4-7,9-14,17-19H,1,8,15-16H2,2-3H3,(H,31,32)/b24-19+. The minimum absolute atomic E-state index is 0.0249. The molecular weight excluding hydrogens is 440 g/mol. The van der Waals surface area contributed by atoms with E-state index in [0.29, 0.717) is 28.5 Å². The number of nitriles is 1. The topological polar surface area (TPSA) is 80.6 Å². The highest BCUT2D eigenvalue weighted by molar-refractivity contribution is 6.09. The first-order valence-electron chi connectivity index (χ1n) is 11.2. The molecule has 0 bridgehead atoms. The lowest BCUT2D eigenvalue weighted by atomic mass is 10.1. The van der Waals surface area contributed by atoms with Crippen molar-refractivity contribution in [3.05, 3.63) is 102 Å². The number of allylic oxidation sites excluding steroid dienone is 1. The molecule has 0 saturated carbocycles. The second kappa shape index (κ2) is 12.7. The molecule has 0 radical (unpaired) electrons. The van der Waals surface area contributed by atoms with Gasteiger partial charge in [0.1, 0.15) is 30.6 Å². The van der Waals surface area contributed by atoms with Crippen molar-refractivity contribution in [2.45, 2.75) is 13.3 Å². The van der Waals surface area contributed by atoms with Crippen molar-refractivity contribution in [1.82, 2.24) is 0 Å². The molecule has 1 amide bonds. The number of amides is 1. The molecule has 35 heavy (non-hydrogen) atoms. The summed E-state index contributed by atoms with van der Waals surface area (Å²) < 4.78 is 17.1. The van der Waals surface area contributed by atoms with Crippen LogP contribution >= 0.6 is 0 Å². The Morgan fingerprint density at radius 2 is 1.77 bits per heavy atom. The Morgan fingerprint density at radius 3 is 2.49 bits per heavy atom. The molecule has 0 unspecified atom stereocenters. The first kappa shape index (κ1) is 25.1. The summed E-state index contributed by atoms with van der Waals surface area (Å²) in [5, 5.41) is 12.3. The predicted molar refractivity (Wildman–Crippen MR) is 138 cm³/mol. The number of benzene rings is 3. The van der Waals surface area contributed by atoms with E-state index < -0.39 is 5.91 Å². The maximum absolute atomic E-state index is 12.6. The molecule has 0 saturated heterocycles. The van der Waals surface area contributed by atoms with Gasteiger partial charge in [0.15, 0.2) is 11.5 Å². The molecule has 0 spiro atoms.